The van der Waals surface area contributed by atoms with E-state index in [1.165, 1.54) is 0 Å². The number of ether oxygens (including phenoxy) is 1. The van der Waals surface area contributed by atoms with Gasteiger partial charge in [-0.2, -0.15) is 0 Å². The van der Waals surface area contributed by atoms with Gasteiger partial charge in [0, 0.05) is 19.2 Å². The maximum atomic E-state index is 6.17. The number of halogens is 2. The van der Waals surface area contributed by atoms with Crippen LogP contribution in [0.1, 0.15) is 30.5 Å². The van der Waals surface area contributed by atoms with E-state index in [0.717, 1.165) is 34.7 Å². The Labute approximate surface area is 182 Å². The van der Waals surface area contributed by atoms with Crippen molar-refractivity contribution in [3.63, 3.8) is 0 Å². The quantitative estimate of drug-likeness (QED) is 0.234. The van der Waals surface area contributed by atoms with Crippen molar-refractivity contribution in [3.05, 3.63) is 62.8 Å². The highest BCUT2D eigenvalue weighted by Crippen LogP contribution is 2.31. The lowest BCUT2D eigenvalue weighted by atomic mass is 10.1. The van der Waals surface area contributed by atoms with Crippen molar-refractivity contribution in [2.75, 3.05) is 20.7 Å². The standard InChI is InChI=1S/C22H27Cl2N3O2/c1-7-27(5)13-25-20-10-15(3)21(11-14(20)2)29-16(4)22(26-28-6)17-8-9-18(23)19(24)12-17/h8-13,26H,7H2,1-6H3. The summed E-state index contributed by atoms with van der Waals surface area (Å²) in [4.78, 5) is 11.7. The van der Waals surface area contributed by atoms with Crippen LogP contribution in [0.2, 0.25) is 10.0 Å². The molecule has 2 aromatic rings. The number of hydrogen-bond donors (Lipinski definition) is 1. The number of hydrogen-bond acceptors (Lipinski definition) is 4. The summed E-state index contributed by atoms with van der Waals surface area (Å²) in [5.41, 5.74) is 7.25. The Morgan fingerprint density at radius 2 is 1.86 bits per heavy atom. The van der Waals surface area contributed by atoms with E-state index in [2.05, 4.69) is 17.4 Å². The highest BCUT2D eigenvalue weighted by molar-refractivity contribution is 6.42. The predicted molar refractivity (Wildman–Crippen MR) is 122 cm³/mol. The fourth-order valence-electron chi connectivity index (χ4n) is 2.57. The highest BCUT2D eigenvalue weighted by Gasteiger charge is 2.13. The molecule has 0 heterocycles. The Balaban J connectivity index is 2.37. The molecule has 0 atom stereocenters. The van der Waals surface area contributed by atoms with Gasteiger partial charge >= 0.3 is 0 Å². The summed E-state index contributed by atoms with van der Waals surface area (Å²) in [6.07, 6.45) is 1.83. The monoisotopic (exact) mass is 435 g/mol. The number of nitrogens with one attached hydrogen (secondary N) is 1. The van der Waals surface area contributed by atoms with Crippen LogP contribution in [0.4, 0.5) is 5.69 Å². The smallest absolute Gasteiger partial charge is 0.130 e. The second-order valence-corrected chi connectivity index (χ2v) is 7.50. The van der Waals surface area contributed by atoms with Gasteiger partial charge in [-0.1, -0.05) is 29.3 Å². The summed E-state index contributed by atoms with van der Waals surface area (Å²) in [5.74, 6) is 1.38. The lowest BCUT2D eigenvalue weighted by molar-refractivity contribution is 0.134. The van der Waals surface area contributed by atoms with Gasteiger partial charge in [-0.15, -0.1) is 0 Å². The number of hydroxylamine groups is 1. The SMILES string of the molecule is CCN(C)C=Nc1cc(C)c(OC(C)=C(NOC)c2ccc(Cl)c(Cl)c2)cc1C. The summed E-state index contributed by atoms with van der Waals surface area (Å²) in [5, 5.41) is 0.945. The Hall–Kier alpha value is -2.21. The summed E-state index contributed by atoms with van der Waals surface area (Å²) < 4.78 is 6.17. The summed E-state index contributed by atoms with van der Waals surface area (Å²) in [6.45, 7) is 8.84. The highest BCUT2D eigenvalue weighted by atomic mass is 35.5. The Morgan fingerprint density at radius 3 is 2.48 bits per heavy atom. The van der Waals surface area contributed by atoms with E-state index >= 15 is 0 Å². The maximum absolute atomic E-state index is 6.17. The van der Waals surface area contributed by atoms with Gasteiger partial charge in [-0.25, -0.2) is 4.99 Å². The first-order valence-electron chi connectivity index (χ1n) is 9.25. The minimum atomic E-state index is 0.457. The van der Waals surface area contributed by atoms with E-state index in [0.29, 0.717) is 21.5 Å². The van der Waals surface area contributed by atoms with Crippen LogP contribution in [0.25, 0.3) is 5.70 Å². The van der Waals surface area contributed by atoms with E-state index in [9.17, 15) is 0 Å². The molecule has 0 amide bonds. The molecule has 7 heteroatoms. The molecular weight excluding hydrogens is 409 g/mol. The molecule has 0 unspecified atom stereocenters. The number of nitrogens with zero attached hydrogens (tertiary/aromatic N) is 2. The molecule has 156 valence electrons. The third-order valence-electron chi connectivity index (χ3n) is 4.41. The van der Waals surface area contributed by atoms with Crippen molar-refractivity contribution in [2.24, 2.45) is 4.99 Å². The molecule has 29 heavy (non-hydrogen) atoms. The van der Waals surface area contributed by atoms with E-state index in [1.807, 2.05) is 57.3 Å². The molecule has 0 bridgehead atoms. The van der Waals surface area contributed by atoms with Gasteiger partial charge in [0.05, 0.1) is 29.2 Å². The normalized spacial score (nSPS) is 12.1. The second kappa shape index (κ2) is 10.5. The van der Waals surface area contributed by atoms with Crippen LogP contribution >= 0.6 is 23.2 Å². The number of benzene rings is 2. The molecule has 2 aromatic carbocycles. The molecule has 0 aliphatic carbocycles. The number of rotatable bonds is 8. The predicted octanol–water partition coefficient (Wildman–Crippen LogP) is 6.14. The van der Waals surface area contributed by atoms with Crippen LogP contribution < -0.4 is 10.2 Å². The van der Waals surface area contributed by atoms with Crippen molar-refractivity contribution < 1.29 is 9.57 Å². The van der Waals surface area contributed by atoms with Crippen LogP contribution in [0, 0.1) is 13.8 Å². The average Bonchev–Trinajstić information content (AvgIpc) is 2.69. The van der Waals surface area contributed by atoms with Crippen LogP contribution in [0.15, 0.2) is 41.1 Å². The minimum Gasteiger partial charge on any atom is -0.459 e. The summed E-state index contributed by atoms with van der Waals surface area (Å²) in [7, 11) is 3.53. The van der Waals surface area contributed by atoms with Crippen LogP contribution in [-0.2, 0) is 4.84 Å². The van der Waals surface area contributed by atoms with E-state index in [4.69, 9.17) is 32.8 Å². The van der Waals surface area contributed by atoms with Gasteiger partial charge in [0.2, 0.25) is 0 Å². The van der Waals surface area contributed by atoms with Crippen molar-refractivity contribution in [1.82, 2.24) is 10.4 Å². The first kappa shape index (κ1) is 23.1. The van der Waals surface area contributed by atoms with E-state index in [1.54, 1.807) is 19.2 Å². The minimum absolute atomic E-state index is 0.457. The van der Waals surface area contributed by atoms with Gasteiger partial charge < -0.3 is 9.64 Å². The van der Waals surface area contributed by atoms with E-state index in [-0.39, 0.29) is 0 Å². The Bertz CT molecular complexity index is 927. The summed E-state index contributed by atoms with van der Waals surface area (Å²) in [6, 6.07) is 9.34. The zero-order chi connectivity index (χ0) is 21.6. The van der Waals surface area contributed by atoms with Crippen LogP contribution in [0.3, 0.4) is 0 Å². The molecular formula is C22H27Cl2N3O2. The Morgan fingerprint density at radius 1 is 1.14 bits per heavy atom. The molecule has 0 saturated heterocycles. The third kappa shape index (κ3) is 6.13. The lowest BCUT2D eigenvalue weighted by Gasteiger charge is -2.17. The van der Waals surface area contributed by atoms with Gasteiger partial charge in [-0.3, -0.25) is 10.3 Å². The number of allylic oxidation sites excluding steroid dienone is 1. The Kier molecular flexibility index (Phi) is 8.38. The number of aryl methyl sites for hydroxylation is 2. The van der Waals surface area contributed by atoms with Crippen molar-refractivity contribution >= 4 is 40.9 Å². The molecule has 0 saturated carbocycles. The molecule has 0 aliphatic heterocycles. The van der Waals surface area contributed by atoms with Crippen molar-refractivity contribution in [2.45, 2.75) is 27.7 Å². The molecule has 2 rings (SSSR count). The first-order chi connectivity index (χ1) is 13.8. The van der Waals surface area contributed by atoms with Crippen LogP contribution in [-0.4, -0.2) is 31.9 Å². The van der Waals surface area contributed by atoms with Gasteiger partial charge in [-0.05, 0) is 63.1 Å². The zero-order valence-electron chi connectivity index (χ0n) is 17.6. The fourth-order valence-corrected chi connectivity index (χ4v) is 2.87. The van der Waals surface area contributed by atoms with Crippen LogP contribution in [0.5, 0.6) is 5.75 Å². The molecule has 5 nitrogen and oxygen atoms in total. The largest absolute Gasteiger partial charge is 0.459 e. The van der Waals surface area contributed by atoms with Gasteiger partial charge in [0.25, 0.3) is 0 Å². The molecule has 0 aromatic heterocycles. The molecule has 0 fully saturated rings. The summed E-state index contributed by atoms with van der Waals surface area (Å²) >= 11 is 12.2. The van der Waals surface area contributed by atoms with Gasteiger partial charge in [0.1, 0.15) is 17.2 Å². The second-order valence-electron chi connectivity index (χ2n) is 6.69. The molecule has 1 N–H and O–H groups in total. The van der Waals surface area contributed by atoms with E-state index < -0.39 is 0 Å². The third-order valence-corrected chi connectivity index (χ3v) is 5.15. The molecule has 0 spiro atoms. The van der Waals surface area contributed by atoms with Gasteiger partial charge in [0.15, 0.2) is 0 Å². The van der Waals surface area contributed by atoms with Crippen molar-refractivity contribution in [3.8, 4) is 5.75 Å². The number of aliphatic imine (C=N–C) groups is 1. The lowest BCUT2D eigenvalue weighted by Crippen LogP contribution is -2.14. The first-order valence-corrected chi connectivity index (χ1v) is 10.0. The fraction of sp³-hybridized carbons (Fsp3) is 0.318. The maximum Gasteiger partial charge on any atom is 0.130 e. The van der Waals surface area contributed by atoms with Crippen molar-refractivity contribution in [1.29, 1.82) is 0 Å². The zero-order valence-corrected chi connectivity index (χ0v) is 19.1. The molecule has 0 radical (unpaired) electrons. The molecule has 0 aliphatic rings. The topological polar surface area (TPSA) is 46.1 Å². The average molecular weight is 436 g/mol.